The van der Waals surface area contributed by atoms with Crippen molar-refractivity contribution in [1.82, 2.24) is 15.5 Å². The molecule has 0 spiro atoms. The van der Waals surface area contributed by atoms with Gasteiger partial charge in [-0.15, -0.1) is 0 Å². The molecule has 0 aliphatic carbocycles. The van der Waals surface area contributed by atoms with E-state index in [1.807, 2.05) is 4.90 Å². The maximum absolute atomic E-state index is 12.4. The highest BCUT2D eigenvalue weighted by Gasteiger charge is 2.35. The SMILES string of the molecule is CNC(=O)C1CCCN(C(=O)[C@@H]2CNC[C@H]2C)C1. The van der Waals surface area contributed by atoms with Crippen molar-refractivity contribution in [3.8, 4) is 0 Å². The molecule has 2 fully saturated rings. The average molecular weight is 253 g/mol. The van der Waals surface area contributed by atoms with Gasteiger partial charge in [0.15, 0.2) is 0 Å². The molecule has 2 N–H and O–H groups in total. The van der Waals surface area contributed by atoms with Crippen LogP contribution in [-0.4, -0.2) is 49.9 Å². The van der Waals surface area contributed by atoms with Gasteiger partial charge in [0, 0.05) is 26.7 Å². The molecule has 2 aliphatic heterocycles. The van der Waals surface area contributed by atoms with Gasteiger partial charge >= 0.3 is 0 Å². The van der Waals surface area contributed by atoms with Crippen molar-refractivity contribution in [3.05, 3.63) is 0 Å². The fraction of sp³-hybridized carbons (Fsp3) is 0.846. The number of carbonyl (C=O) groups excluding carboxylic acids is 2. The lowest BCUT2D eigenvalue weighted by Crippen LogP contribution is -2.47. The monoisotopic (exact) mass is 253 g/mol. The summed E-state index contributed by atoms with van der Waals surface area (Å²) in [4.78, 5) is 26.0. The van der Waals surface area contributed by atoms with Gasteiger partial charge < -0.3 is 15.5 Å². The molecule has 0 saturated carbocycles. The Kier molecular flexibility index (Phi) is 4.22. The summed E-state index contributed by atoms with van der Waals surface area (Å²) in [5.41, 5.74) is 0. The minimum absolute atomic E-state index is 0.0302. The predicted octanol–water partition coefficient (Wildman–Crippen LogP) is -0.173. The van der Waals surface area contributed by atoms with Crippen LogP contribution in [0.25, 0.3) is 0 Å². The topological polar surface area (TPSA) is 61.4 Å². The summed E-state index contributed by atoms with van der Waals surface area (Å²) in [6, 6.07) is 0. The largest absolute Gasteiger partial charge is 0.359 e. The van der Waals surface area contributed by atoms with Crippen LogP contribution in [0.5, 0.6) is 0 Å². The first-order valence-corrected chi connectivity index (χ1v) is 6.84. The van der Waals surface area contributed by atoms with Gasteiger partial charge in [0.05, 0.1) is 11.8 Å². The normalized spacial score (nSPS) is 32.3. The Hall–Kier alpha value is -1.10. The number of amides is 2. The van der Waals surface area contributed by atoms with Crippen LogP contribution in [0, 0.1) is 17.8 Å². The van der Waals surface area contributed by atoms with E-state index in [-0.39, 0.29) is 23.7 Å². The highest BCUT2D eigenvalue weighted by atomic mass is 16.2. The second kappa shape index (κ2) is 5.69. The summed E-state index contributed by atoms with van der Waals surface area (Å²) in [6.45, 7) is 5.20. The van der Waals surface area contributed by atoms with Crippen LogP contribution in [-0.2, 0) is 9.59 Å². The summed E-state index contributed by atoms with van der Waals surface area (Å²) in [6.07, 6.45) is 1.82. The smallest absolute Gasteiger partial charge is 0.227 e. The zero-order chi connectivity index (χ0) is 13.1. The summed E-state index contributed by atoms with van der Waals surface area (Å²) in [7, 11) is 1.66. The first-order chi connectivity index (χ1) is 8.63. The maximum atomic E-state index is 12.4. The summed E-state index contributed by atoms with van der Waals surface area (Å²) >= 11 is 0. The first-order valence-electron chi connectivity index (χ1n) is 6.84. The molecule has 3 atom stereocenters. The molecule has 2 rings (SSSR count). The van der Waals surface area contributed by atoms with Crippen molar-refractivity contribution in [2.75, 3.05) is 33.2 Å². The van der Waals surface area contributed by atoms with Crippen LogP contribution in [0.15, 0.2) is 0 Å². The van der Waals surface area contributed by atoms with Crippen molar-refractivity contribution < 1.29 is 9.59 Å². The summed E-state index contributed by atoms with van der Waals surface area (Å²) in [5, 5.41) is 5.94. The fourth-order valence-electron chi connectivity index (χ4n) is 2.97. The number of nitrogens with one attached hydrogen (secondary N) is 2. The van der Waals surface area contributed by atoms with E-state index in [4.69, 9.17) is 0 Å². The standard InChI is InChI=1S/C13H23N3O2/c1-9-6-15-7-11(9)13(18)16-5-3-4-10(8-16)12(17)14-2/h9-11,15H,3-8H2,1-2H3,(H,14,17)/t9-,10?,11-/m1/s1. The Morgan fingerprint density at radius 3 is 2.72 bits per heavy atom. The van der Waals surface area contributed by atoms with Crippen molar-refractivity contribution >= 4 is 11.8 Å². The van der Waals surface area contributed by atoms with Gasteiger partial charge in [-0.25, -0.2) is 0 Å². The highest BCUT2D eigenvalue weighted by molar-refractivity contribution is 5.82. The van der Waals surface area contributed by atoms with Crippen LogP contribution in [0.2, 0.25) is 0 Å². The third-order valence-electron chi connectivity index (χ3n) is 4.18. The minimum Gasteiger partial charge on any atom is -0.359 e. The Balaban J connectivity index is 1.96. The van der Waals surface area contributed by atoms with Gasteiger partial charge in [-0.1, -0.05) is 6.92 Å². The lowest BCUT2D eigenvalue weighted by Gasteiger charge is -2.34. The fourth-order valence-corrected chi connectivity index (χ4v) is 2.97. The van der Waals surface area contributed by atoms with Crippen molar-refractivity contribution in [3.63, 3.8) is 0 Å². The lowest BCUT2D eigenvalue weighted by atomic mass is 9.92. The van der Waals surface area contributed by atoms with E-state index in [1.165, 1.54) is 0 Å². The van der Waals surface area contributed by atoms with E-state index in [0.717, 1.165) is 32.5 Å². The molecule has 2 amide bonds. The quantitative estimate of drug-likeness (QED) is 0.718. The Bertz CT molecular complexity index is 332. The summed E-state index contributed by atoms with van der Waals surface area (Å²) < 4.78 is 0. The molecule has 0 radical (unpaired) electrons. The molecule has 0 aromatic heterocycles. The lowest BCUT2D eigenvalue weighted by molar-refractivity contribution is -0.139. The molecule has 5 nitrogen and oxygen atoms in total. The van der Waals surface area contributed by atoms with Gasteiger partial charge in [0.1, 0.15) is 0 Å². The van der Waals surface area contributed by atoms with Crippen molar-refractivity contribution in [2.24, 2.45) is 17.8 Å². The van der Waals surface area contributed by atoms with Crippen molar-refractivity contribution in [2.45, 2.75) is 19.8 Å². The zero-order valence-corrected chi connectivity index (χ0v) is 11.2. The Morgan fingerprint density at radius 1 is 1.33 bits per heavy atom. The van der Waals surface area contributed by atoms with Gasteiger partial charge in [-0.2, -0.15) is 0 Å². The second-order valence-electron chi connectivity index (χ2n) is 5.48. The maximum Gasteiger partial charge on any atom is 0.227 e. The highest BCUT2D eigenvalue weighted by Crippen LogP contribution is 2.23. The zero-order valence-electron chi connectivity index (χ0n) is 11.2. The first kappa shape index (κ1) is 13.3. The van der Waals surface area contributed by atoms with E-state index in [1.54, 1.807) is 7.05 Å². The van der Waals surface area contributed by atoms with Crippen LogP contribution < -0.4 is 10.6 Å². The summed E-state index contributed by atoms with van der Waals surface area (Å²) in [5.74, 6) is 0.745. The Labute approximate surface area is 108 Å². The number of carbonyl (C=O) groups is 2. The van der Waals surface area contributed by atoms with E-state index < -0.39 is 0 Å². The molecule has 1 unspecified atom stereocenters. The molecule has 2 heterocycles. The molecular weight excluding hydrogens is 230 g/mol. The molecule has 2 saturated heterocycles. The number of rotatable bonds is 2. The van der Waals surface area contributed by atoms with Gasteiger partial charge in [-0.05, 0) is 25.3 Å². The molecular formula is C13H23N3O2. The number of piperidine rings is 1. The number of hydrogen-bond acceptors (Lipinski definition) is 3. The van der Waals surface area contributed by atoms with E-state index in [9.17, 15) is 9.59 Å². The van der Waals surface area contributed by atoms with Crippen LogP contribution >= 0.6 is 0 Å². The molecule has 18 heavy (non-hydrogen) atoms. The number of hydrogen-bond donors (Lipinski definition) is 2. The minimum atomic E-state index is -0.0302. The predicted molar refractivity (Wildman–Crippen MR) is 68.9 cm³/mol. The van der Waals surface area contributed by atoms with E-state index in [0.29, 0.717) is 12.5 Å². The van der Waals surface area contributed by atoms with Crippen LogP contribution in [0.3, 0.4) is 0 Å². The Morgan fingerprint density at radius 2 is 2.11 bits per heavy atom. The van der Waals surface area contributed by atoms with Gasteiger partial charge in [-0.3, -0.25) is 9.59 Å². The van der Waals surface area contributed by atoms with Crippen LogP contribution in [0.4, 0.5) is 0 Å². The van der Waals surface area contributed by atoms with E-state index >= 15 is 0 Å². The third kappa shape index (κ3) is 2.66. The molecule has 0 bridgehead atoms. The average Bonchev–Trinajstić information content (AvgIpc) is 2.83. The molecule has 5 heteroatoms. The van der Waals surface area contributed by atoms with Crippen molar-refractivity contribution in [1.29, 1.82) is 0 Å². The number of likely N-dealkylation sites (tertiary alicyclic amines) is 1. The molecule has 102 valence electrons. The van der Waals surface area contributed by atoms with Gasteiger partial charge in [0.25, 0.3) is 0 Å². The second-order valence-corrected chi connectivity index (χ2v) is 5.48. The molecule has 0 aromatic rings. The van der Waals surface area contributed by atoms with Crippen LogP contribution in [0.1, 0.15) is 19.8 Å². The molecule has 0 aromatic carbocycles. The molecule has 2 aliphatic rings. The van der Waals surface area contributed by atoms with Gasteiger partial charge in [0.2, 0.25) is 11.8 Å². The third-order valence-corrected chi connectivity index (χ3v) is 4.18. The number of nitrogens with zero attached hydrogens (tertiary/aromatic N) is 1. The van der Waals surface area contributed by atoms with E-state index in [2.05, 4.69) is 17.6 Å².